The third-order valence-corrected chi connectivity index (χ3v) is 5.17. The summed E-state index contributed by atoms with van der Waals surface area (Å²) in [4.78, 5) is 12.6. The second kappa shape index (κ2) is 7.08. The molecule has 0 atom stereocenters. The molecule has 1 heterocycles. The van der Waals surface area contributed by atoms with Crippen LogP contribution in [0.3, 0.4) is 0 Å². The van der Waals surface area contributed by atoms with E-state index in [9.17, 15) is 4.79 Å². The molecule has 142 valence electrons. The zero-order chi connectivity index (χ0) is 19.7. The Morgan fingerprint density at radius 3 is 2.61 bits per heavy atom. The number of benzene rings is 2. The molecule has 5 nitrogen and oxygen atoms in total. The Morgan fingerprint density at radius 1 is 1.11 bits per heavy atom. The summed E-state index contributed by atoms with van der Waals surface area (Å²) in [5.41, 5.74) is 9.61. The highest BCUT2D eigenvalue weighted by Gasteiger charge is 2.24. The number of hydrogen-bond acceptors (Lipinski definition) is 3. The van der Waals surface area contributed by atoms with Gasteiger partial charge in [-0.05, 0) is 34.9 Å². The van der Waals surface area contributed by atoms with Crippen LogP contribution in [0.5, 0.6) is 0 Å². The number of aryl methyl sites for hydroxylation is 1. The first-order valence-electron chi connectivity index (χ1n) is 9.53. The first-order chi connectivity index (χ1) is 13.4. The summed E-state index contributed by atoms with van der Waals surface area (Å²) < 4.78 is 0. The molecule has 1 aliphatic carbocycles. The molecule has 1 amide bonds. The summed E-state index contributed by atoms with van der Waals surface area (Å²) in [6, 6.07) is 16.4. The van der Waals surface area contributed by atoms with Gasteiger partial charge in [-0.25, -0.2) is 5.43 Å². The average molecular weight is 372 g/mol. The van der Waals surface area contributed by atoms with Gasteiger partial charge in [0, 0.05) is 11.1 Å². The number of amides is 1. The van der Waals surface area contributed by atoms with E-state index < -0.39 is 0 Å². The van der Waals surface area contributed by atoms with E-state index in [-0.39, 0.29) is 11.3 Å². The minimum Gasteiger partial charge on any atom is -0.272 e. The number of hydrazone groups is 1. The van der Waals surface area contributed by atoms with E-state index in [0.29, 0.717) is 5.69 Å². The summed E-state index contributed by atoms with van der Waals surface area (Å²) in [7, 11) is 0. The molecule has 0 bridgehead atoms. The van der Waals surface area contributed by atoms with E-state index in [0.717, 1.165) is 35.2 Å². The summed E-state index contributed by atoms with van der Waals surface area (Å²) >= 11 is 0. The molecule has 0 unspecified atom stereocenters. The van der Waals surface area contributed by atoms with Crippen molar-refractivity contribution in [2.75, 3.05) is 0 Å². The van der Waals surface area contributed by atoms with Crippen molar-refractivity contribution in [2.45, 2.75) is 39.0 Å². The minimum atomic E-state index is -0.268. The van der Waals surface area contributed by atoms with Crippen molar-refractivity contribution in [1.29, 1.82) is 0 Å². The van der Waals surface area contributed by atoms with Gasteiger partial charge in [-0.15, -0.1) is 0 Å². The molecule has 1 aromatic heterocycles. The first-order valence-corrected chi connectivity index (χ1v) is 9.53. The number of fused-ring (bicyclic) bond motifs is 3. The number of carbonyl (C=O) groups excluding carboxylic acids is 1. The zero-order valence-corrected chi connectivity index (χ0v) is 16.4. The van der Waals surface area contributed by atoms with Gasteiger partial charge >= 0.3 is 0 Å². The molecule has 28 heavy (non-hydrogen) atoms. The molecule has 0 saturated heterocycles. The first kappa shape index (κ1) is 18.2. The maximum atomic E-state index is 12.6. The monoisotopic (exact) mass is 372 g/mol. The van der Waals surface area contributed by atoms with Gasteiger partial charge in [-0.3, -0.25) is 9.89 Å². The van der Waals surface area contributed by atoms with Crippen LogP contribution in [-0.2, 0) is 18.3 Å². The van der Waals surface area contributed by atoms with Crippen LogP contribution in [-0.4, -0.2) is 22.3 Å². The Bertz CT molecular complexity index is 1040. The number of hydrogen-bond donors (Lipinski definition) is 2. The second-order valence-corrected chi connectivity index (χ2v) is 8.15. The fraction of sp³-hybridized carbons (Fsp3) is 0.261. The lowest BCUT2D eigenvalue weighted by atomic mass is 9.87. The molecule has 0 radical (unpaired) electrons. The number of aromatic amines is 1. The van der Waals surface area contributed by atoms with Crippen LogP contribution in [0.4, 0.5) is 0 Å². The molecule has 3 aromatic rings. The highest BCUT2D eigenvalue weighted by molar-refractivity contribution is 5.96. The Balaban J connectivity index is 1.47. The molecule has 0 saturated carbocycles. The molecular weight excluding hydrogens is 348 g/mol. The highest BCUT2D eigenvalue weighted by Crippen LogP contribution is 2.33. The molecule has 1 aliphatic rings. The van der Waals surface area contributed by atoms with Crippen molar-refractivity contribution in [3.8, 4) is 11.3 Å². The molecule has 2 aromatic carbocycles. The van der Waals surface area contributed by atoms with E-state index >= 15 is 0 Å². The van der Waals surface area contributed by atoms with E-state index in [4.69, 9.17) is 0 Å². The second-order valence-electron chi connectivity index (χ2n) is 8.15. The number of carbonyl (C=O) groups is 1. The third kappa shape index (κ3) is 3.48. The normalized spacial score (nSPS) is 13.2. The van der Waals surface area contributed by atoms with Crippen molar-refractivity contribution >= 4 is 12.1 Å². The summed E-state index contributed by atoms with van der Waals surface area (Å²) in [6.07, 6.45) is 3.36. The Morgan fingerprint density at radius 2 is 1.86 bits per heavy atom. The number of nitrogens with one attached hydrogen (secondary N) is 2. The minimum absolute atomic E-state index is 0.113. The summed E-state index contributed by atoms with van der Waals surface area (Å²) in [6.45, 7) is 6.54. The van der Waals surface area contributed by atoms with E-state index in [1.165, 1.54) is 11.1 Å². The van der Waals surface area contributed by atoms with Gasteiger partial charge in [0.05, 0.1) is 11.9 Å². The molecule has 4 rings (SSSR count). The molecule has 0 aliphatic heterocycles. The van der Waals surface area contributed by atoms with Crippen LogP contribution < -0.4 is 5.43 Å². The lowest BCUT2D eigenvalue weighted by Gasteiger charge is -2.18. The van der Waals surface area contributed by atoms with E-state index in [1.807, 2.05) is 24.3 Å². The summed E-state index contributed by atoms with van der Waals surface area (Å²) in [5.74, 6) is -0.268. The highest BCUT2D eigenvalue weighted by atomic mass is 16.2. The number of rotatable bonds is 3. The Labute approximate surface area is 164 Å². The SMILES string of the molecule is CC(C)(C)c1ccc(/C=N/NC(=O)c2[nH]nc3c2CCc2ccccc2-3)cc1. The smallest absolute Gasteiger partial charge is 0.272 e. The lowest BCUT2D eigenvalue weighted by molar-refractivity contribution is 0.0949. The van der Waals surface area contributed by atoms with Crippen LogP contribution in [0, 0.1) is 0 Å². The maximum absolute atomic E-state index is 12.6. The Hall–Kier alpha value is -3.21. The van der Waals surface area contributed by atoms with Crippen molar-refractivity contribution in [3.05, 3.63) is 76.5 Å². The molecule has 2 N–H and O–H groups in total. The largest absolute Gasteiger partial charge is 0.289 e. The molecular formula is C23H24N4O. The van der Waals surface area contributed by atoms with Gasteiger partial charge in [0.1, 0.15) is 5.69 Å². The quantitative estimate of drug-likeness (QED) is 0.533. The number of nitrogens with zero attached hydrogens (tertiary/aromatic N) is 2. The zero-order valence-electron chi connectivity index (χ0n) is 16.4. The summed E-state index contributed by atoms with van der Waals surface area (Å²) in [5, 5.41) is 11.4. The van der Waals surface area contributed by atoms with Gasteiger partial charge < -0.3 is 0 Å². The van der Waals surface area contributed by atoms with Crippen LogP contribution in [0.2, 0.25) is 0 Å². The van der Waals surface area contributed by atoms with Gasteiger partial charge in [0.15, 0.2) is 0 Å². The standard InChI is InChI=1S/C23H24N4O/c1-23(2,3)17-11-8-15(9-12-17)14-24-27-22(28)21-19-13-10-16-6-4-5-7-18(16)20(19)25-26-21/h4-9,11-12,14H,10,13H2,1-3H3,(H,25,26)(H,27,28)/b24-14+. The van der Waals surface area contributed by atoms with Crippen LogP contribution in [0.1, 0.15) is 53.5 Å². The predicted octanol–water partition coefficient (Wildman–Crippen LogP) is 4.24. The van der Waals surface area contributed by atoms with Crippen molar-refractivity contribution in [1.82, 2.24) is 15.6 Å². The van der Waals surface area contributed by atoms with Gasteiger partial charge in [-0.1, -0.05) is 69.3 Å². The van der Waals surface area contributed by atoms with Crippen molar-refractivity contribution in [2.24, 2.45) is 5.10 Å². The Kier molecular flexibility index (Phi) is 4.59. The fourth-order valence-corrected chi connectivity index (χ4v) is 3.54. The van der Waals surface area contributed by atoms with Crippen molar-refractivity contribution in [3.63, 3.8) is 0 Å². The van der Waals surface area contributed by atoms with E-state index in [1.54, 1.807) is 6.21 Å². The molecule has 5 heteroatoms. The predicted molar refractivity (Wildman–Crippen MR) is 112 cm³/mol. The third-order valence-electron chi connectivity index (χ3n) is 5.17. The van der Waals surface area contributed by atoms with Crippen molar-refractivity contribution < 1.29 is 4.79 Å². The van der Waals surface area contributed by atoms with E-state index in [2.05, 4.69) is 65.8 Å². The van der Waals surface area contributed by atoms with Gasteiger partial charge in [0.25, 0.3) is 5.91 Å². The number of H-pyrrole nitrogens is 1. The molecule has 0 fully saturated rings. The fourth-order valence-electron chi connectivity index (χ4n) is 3.54. The average Bonchev–Trinajstić information content (AvgIpc) is 3.12. The van der Waals surface area contributed by atoms with Gasteiger partial charge in [-0.2, -0.15) is 10.2 Å². The number of aromatic nitrogens is 2. The topological polar surface area (TPSA) is 70.1 Å². The van der Waals surface area contributed by atoms with Crippen LogP contribution in [0.25, 0.3) is 11.3 Å². The lowest BCUT2D eigenvalue weighted by Crippen LogP contribution is -2.20. The van der Waals surface area contributed by atoms with Gasteiger partial charge in [0.2, 0.25) is 0 Å². The van der Waals surface area contributed by atoms with Crippen LogP contribution >= 0.6 is 0 Å². The maximum Gasteiger partial charge on any atom is 0.289 e. The van der Waals surface area contributed by atoms with Crippen LogP contribution in [0.15, 0.2) is 53.6 Å². The molecule has 0 spiro atoms.